The summed E-state index contributed by atoms with van der Waals surface area (Å²) in [7, 11) is 0. The van der Waals surface area contributed by atoms with Crippen molar-refractivity contribution in [2.45, 2.75) is 63.9 Å². The number of rotatable bonds is 5. The van der Waals surface area contributed by atoms with Crippen LogP contribution in [-0.4, -0.2) is 21.7 Å². The maximum absolute atomic E-state index is 13.5. The van der Waals surface area contributed by atoms with E-state index in [4.69, 9.17) is 0 Å². The molecule has 0 aliphatic heterocycles. The molecule has 0 radical (unpaired) electrons. The zero-order chi connectivity index (χ0) is 23.0. The van der Waals surface area contributed by atoms with Crippen molar-refractivity contribution < 1.29 is 9.90 Å². The van der Waals surface area contributed by atoms with Gasteiger partial charge in [0, 0.05) is 35.0 Å². The number of thioether (sulfide) groups is 1. The summed E-state index contributed by atoms with van der Waals surface area (Å²) in [6, 6.07) is 15.9. The van der Waals surface area contributed by atoms with Gasteiger partial charge in [-0.05, 0) is 40.8 Å². The Kier molecular flexibility index (Phi) is 6.43. The van der Waals surface area contributed by atoms with E-state index < -0.39 is 0 Å². The Bertz CT molecular complexity index is 1050. The molecule has 1 heterocycles. The lowest BCUT2D eigenvalue weighted by atomic mass is 9.78. The molecule has 0 fully saturated rings. The molecule has 3 rings (SSSR count). The van der Waals surface area contributed by atoms with Gasteiger partial charge >= 0.3 is 0 Å². The first-order valence-electron chi connectivity index (χ1n) is 10.6. The highest BCUT2D eigenvalue weighted by molar-refractivity contribution is 7.98. The van der Waals surface area contributed by atoms with Crippen LogP contribution in [0.3, 0.4) is 0 Å². The number of aromatic nitrogens is 1. The molecular weight excluding hydrogens is 402 g/mol. The summed E-state index contributed by atoms with van der Waals surface area (Å²) in [6.45, 7) is 13.1. The molecular formula is C27H33NO2S. The van der Waals surface area contributed by atoms with E-state index in [1.54, 1.807) is 11.8 Å². The molecule has 2 aromatic carbocycles. The van der Waals surface area contributed by atoms with Crippen LogP contribution in [0.15, 0.2) is 59.8 Å². The van der Waals surface area contributed by atoms with Gasteiger partial charge in [-0.25, -0.2) is 0 Å². The van der Waals surface area contributed by atoms with E-state index in [1.807, 2.05) is 48.9 Å². The Morgan fingerprint density at radius 1 is 0.903 bits per heavy atom. The highest BCUT2D eigenvalue weighted by atomic mass is 32.2. The topological polar surface area (TPSA) is 42.2 Å². The fraction of sp³-hybridized carbons (Fsp3) is 0.370. The Hall–Kier alpha value is -2.46. The average Bonchev–Trinajstić information content (AvgIpc) is 3.09. The summed E-state index contributed by atoms with van der Waals surface area (Å²) in [5.41, 5.74) is 3.55. The molecule has 0 saturated carbocycles. The Morgan fingerprint density at radius 3 is 1.94 bits per heavy atom. The van der Waals surface area contributed by atoms with E-state index in [9.17, 15) is 9.90 Å². The normalized spacial score (nSPS) is 12.2. The van der Waals surface area contributed by atoms with Crippen LogP contribution in [0.2, 0.25) is 0 Å². The van der Waals surface area contributed by atoms with Crippen molar-refractivity contribution in [1.82, 2.24) is 4.57 Å². The monoisotopic (exact) mass is 435 g/mol. The van der Waals surface area contributed by atoms with E-state index in [0.717, 1.165) is 22.7 Å². The first kappa shape index (κ1) is 23.2. The lowest BCUT2D eigenvalue weighted by molar-refractivity contribution is 0.103. The fourth-order valence-corrected chi connectivity index (χ4v) is 4.36. The lowest BCUT2D eigenvalue weighted by Gasteiger charge is -2.28. The van der Waals surface area contributed by atoms with Crippen LogP contribution in [0.5, 0.6) is 5.75 Å². The third-order valence-corrected chi connectivity index (χ3v) is 6.28. The molecule has 31 heavy (non-hydrogen) atoms. The first-order chi connectivity index (χ1) is 14.4. The van der Waals surface area contributed by atoms with Gasteiger partial charge in [0.15, 0.2) is 5.78 Å². The van der Waals surface area contributed by atoms with E-state index in [1.165, 1.54) is 5.56 Å². The number of benzene rings is 2. The molecule has 0 spiro atoms. The van der Waals surface area contributed by atoms with Crippen LogP contribution in [0.4, 0.5) is 0 Å². The fourth-order valence-electron chi connectivity index (χ4n) is 3.76. The van der Waals surface area contributed by atoms with Crippen LogP contribution >= 0.6 is 11.8 Å². The second-order valence-corrected chi connectivity index (χ2v) is 11.0. The summed E-state index contributed by atoms with van der Waals surface area (Å²) < 4.78 is 2.13. The average molecular weight is 436 g/mol. The van der Waals surface area contributed by atoms with Gasteiger partial charge < -0.3 is 9.67 Å². The van der Waals surface area contributed by atoms with E-state index >= 15 is 0 Å². The Morgan fingerprint density at radius 2 is 1.45 bits per heavy atom. The molecule has 0 bridgehead atoms. The maximum atomic E-state index is 13.5. The quantitative estimate of drug-likeness (QED) is 0.354. The van der Waals surface area contributed by atoms with E-state index in [2.05, 4.69) is 58.2 Å². The van der Waals surface area contributed by atoms with Crippen molar-refractivity contribution in [3.8, 4) is 5.75 Å². The van der Waals surface area contributed by atoms with Gasteiger partial charge in [-0.15, -0.1) is 11.8 Å². The van der Waals surface area contributed by atoms with Crippen LogP contribution in [0.1, 0.15) is 74.2 Å². The third-order valence-electron chi connectivity index (χ3n) is 5.51. The van der Waals surface area contributed by atoms with E-state index in [0.29, 0.717) is 16.9 Å². The van der Waals surface area contributed by atoms with Gasteiger partial charge in [-0.1, -0.05) is 71.9 Å². The molecule has 164 valence electrons. The SMILES string of the molecule is CSc1cc(C(=O)c2cc(C(C)(C)C)c(O)c(C(C)(C)C)c2)cn1Cc1ccccc1. The van der Waals surface area contributed by atoms with E-state index in [-0.39, 0.29) is 16.6 Å². The molecule has 0 saturated heterocycles. The van der Waals surface area contributed by atoms with Crippen molar-refractivity contribution in [3.05, 3.63) is 82.5 Å². The third kappa shape index (κ3) is 5.07. The number of phenolic OH excluding ortho intramolecular Hbond substituents is 1. The lowest BCUT2D eigenvalue weighted by Crippen LogP contribution is -2.19. The van der Waals surface area contributed by atoms with Crippen molar-refractivity contribution in [3.63, 3.8) is 0 Å². The number of phenols is 1. The minimum Gasteiger partial charge on any atom is -0.507 e. The standard InChI is InChI=1S/C27H33NO2S/c1-26(2,3)21-13-19(14-22(25(21)30)27(4,5)6)24(29)20-15-23(31-7)28(17-20)16-18-11-9-8-10-12-18/h8-15,17,30H,16H2,1-7H3. The van der Waals surface area contributed by atoms with Crippen LogP contribution in [0, 0.1) is 0 Å². The largest absolute Gasteiger partial charge is 0.507 e. The van der Waals surface area contributed by atoms with Gasteiger partial charge in [-0.3, -0.25) is 4.79 Å². The second kappa shape index (κ2) is 8.58. The number of ketones is 1. The van der Waals surface area contributed by atoms with Crippen molar-refractivity contribution >= 4 is 17.5 Å². The zero-order valence-electron chi connectivity index (χ0n) is 19.6. The Balaban J connectivity index is 2.07. The molecule has 0 atom stereocenters. The number of hydrogen-bond acceptors (Lipinski definition) is 3. The number of carbonyl (C=O) groups excluding carboxylic acids is 1. The molecule has 1 N–H and O–H groups in total. The van der Waals surface area contributed by atoms with Crippen LogP contribution in [0.25, 0.3) is 0 Å². The summed E-state index contributed by atoms with van der Waals surface area (Å²) in [4.78, 5) is 13.5. The first-order valence-corrected chi connectivity index (χ1v) is 11.8. The molecule has 0 unspecified atom stereocenters. The number of hydrogen-bond donors (Lipinski definition) is 1. The smallest absolute Gasteiger partial charge is 0.194 e. The number of carbonyl (C=O) groups is 1. The van der Waals surface area contributed by atoms with Crippen LogP contribution in [-0.2, 0) is 17.4 Å². The Labute approximate surface area is 190 Å². The van der Waals surface area contributed by atoms with Crippen molar-refractivity contribution in [2.75, 3.05) is 6.26 Å². The molecule has 4 heteroatoms. The number of nitrogens with zero attached hydrogens (tertiary/aromatic N) is 1. The molecule has 3 aromatic rings. The molecule has 1 aromatic heterocycles. The maximum Gasteiger partial charge on any atom is 0.194 e. The molecule has 0 aliphatic carbocycles. The minimum atomic E-state index is -0.274. The molecule has 3 nitrogen and oxygen atoms in total. The van der Waals surface area contributed by atoms with Gasteiger partial charge in [0.05, 0.1) is 5.03 Å². The number of aromatic hydroxyl groups is 1. The molecule has 0 amide bonds. The van der Waals surface area contributed by atoms with Crippen molar-refractivity contribution in [2.24, 2.45) is 0 Å². The summed E-state index contributed by atoms with van der Waals surface area (Å²) >= 11 is 1.64. The minimum absolute atomic E-state index is 0.0156. The molecule has 0 aliphatic rings. The van der Waals surface area contributed by atoms with Gasteiger partial charge in [0.2, 0.25) is 0 Å². The van der Waals surface area contributed by atoms with Crippen molar-refractivity contribution in [1.29, 1.82) is 0 Å². The van der Waals surface area contributed by atoms with Gasteiger partial charge in [0.1, 0.15) is 5.75 Å². The predicted molar refractivity (Wildman–Crippen MR) is 131 cm³/mol. The van der Waals surface area contributed by atoms with Crippen LogP contribution < -0.4 is 0 Å². The highest BCUT2D eigenvalue weighted by Crippen LogP contribution is 2.40. The zero-order valence-corrected chi connectivity index (χ0v) is 20.4. The highest BCUT2D eigenvalue weighted by Gasteiger charge is 2.28. The summed E-state index contributed by atoms with van der Waals surface area (Å²) in [6.07, 6.45) is 3.97. The summed E-state index contributed by atoms with van der Waals surface area (Å²) in [5, 5.41) is 12.0. The van der Waals surface area contributed by atoms with Gasteiger partial charge in [0.25, 0.3) is 0 Å². The predicted octanol–water partition coefficient (Wildman–Crippen LogP) is 6.79. The summed E-state index contributed by atoms with van der Waals surface area (Å²) in [5.74, 6) is 0.279. The second-order valence-electron chi connectivity index (χ2n) is 10.1. The van der Waals surface area contributed by atoms with Gasteiger partial charge in [-0.2, -0.15) is 0 Å².